The molecule has 0 N–H and O–H groups in total. The monoisotopic (exact) mass is 333 g/mol. The summed E-state index contributed by atoms with van der Waals surface area (Å²) in [5.74, 6) is 0.948. The first-order valence-corrected chi connectivity index (χ1v) is 9.40. The Labute approximate surface area is 151 Å². The molecule has 2 nitrogen and oxygen atoms in total. The molecule has 2 aromatic rings. The number of hydrogen-bond donors (Lipinski definition) is 0. The third-order valence-corrected chi connectivity index (χ3v) is 5.77. The Hall–Kier alpha value is -2.06. The van der Waals surface area contributed by atoms with Crippen LogP contribution in [0.2, 0.25) is 0 Å². The summed E-state index contributed by atoms with van der Waals surface area (Å²) >= 11 is 0. The molecule has 0 aromatic heterocycles. The molecule has 2 unspecified atom stereocenters. The van der Waals surface area contributed by atoms with Crippen molar-refractivity contribution in [1.82, 2.24) is 4.90 Å². The van der Waals surface area contributed by atoms with Gasteiger partial charge < -0.3 is 4.74 Å². The Kier molecular flexibility index (Phi) is 4.63. The van der Waals surface area contributed by atoms with Crippen molar-refractivity contribution in [3.05, 3.63) is 71.3 Å². The molecular formula is C23H27NO. The molecule has 2 aliphatic rings. The van der Waals surface area contributed by atoms with Crippen LogP contribution < -0.4 is 4.74 Å². The van der Waals surface area contributed by atoms with Crippen LogP contribution in [0.5, 0.6) is 5.75 Å². The second-order valence-corrected chi connectivity index (χ2v) is 7.39. The Morgan fingerprint density at radius 2 is 1.92 bits per heavy atom. The van der Waals surface area contributed by atoms with Crippen molar-refractivity contribution in [1.29, 1.82) is 0 Å². The van der Waals surface area contributed by atoms with E-state index in [1.54, 1.807) is 7.11 Å². The van der Waals surface area contributed by atoms with Gasteiger partial charge in [-0.2, -0.15) is 0 Å². The highest BCUT2D eigenvalue weighted by Gasteiger charge is 2.34. The average Bonchev–Trinajstić information content (AvgIpc) is 2.62. The van der Waals surface area contributed by atoms with Gasteiger partial charge in [0.2, 0.25) is 0 Å². The highest BCUT2D eigenvalue weighted by molar-refractivity contribution is 5.71. The molecule has 2 atom stereocenters. The van der Waals surface area contributed by atoms with Crippen LogP contribution >= 0.6 is 0 Å². The molecule has 4 rings (SSSR count). The van der Waals surface area contributed by atoms with Crippen LogP contribution in [0.3, 0.4) is 0 Å². The Balaban J connectivity index is 1.61. The van der Waals surface area contributed by atoms with Crippen LogP contribution in [0.15, 0.2) is 54.6 Å². The van der Waals surface area contributed by atoms with E-state index in [0.717, 1.165) is 18.7 Å². The molecule has 2 heteroatoms. The van der Waals surface area contributed by atoms with Crippen LogP contribution in [0.25, 0.3) is 5.57 Å². The topological polar surface area (TPSA) is 12.5 Å². The molecule has 1 saturated heterocycles. The summed E-state index contributed by atoms with van der Waals surface area (Å²) in [4.78, 5) is 2.72. The van der Waals surface area contributed by atoms with Crippen LogP contribution in [0, 0.1) is 6.92 Å². The molecule has 130 valence electrons. The van der Waals surface area contributed by atoms with Crippen LogP contribution in [-0.4, -0.2) is 24.1 Å². The van der Waals surface area contributed by atoms with E-state index in [2.05, 4.69) is 66.4 Å². The summed E-state index contributed by atoms with van der Waals surface area (Å²) in [6.07, 6.45) is 7.65. The summed E-state index contributed by atoms with van der Waals surface area (Å²) in [6, 6.07) is 18.6. The lowest BCUT2D eigenvalue weighted by atomic mass is 9.81. The number of fused-ring (bicyclic) bond motifs is 2. The summed E-state index contributed by atoms with van der Waals surface area (Å²) in [7, 11) is 1.74. The van der Waals surface area contributed by atoms with E-state index in [1.807, 2.05) is 0 Å². The van der Waals surface area contributed by atoms with Crippen molar-refractivity contribution in [3.63, 3.8) is 0 Å². The highest BCUT2D eigenvalue weighted by atomic mass is 16.5. The SMILES string of the molecule is COc1ccc(C2=CC3CCCC(C2)N3Cc2ccccc2)c(C)c1. The van der Waals surface area contributed by atoms with Crippen LogP contribution in [0.4, 0.5) is 0 Å². The second kappa shape index (κ2) is 7.05. The highest BCUT2D eigenvalue weighted by Crippen LogP contribution is 2.39. The molecule has 2 heterocycles. The summed E-state index contributed by atoms with van der Waals surface area (Å²) in [6.45, 7) is 3.27. The minimum Gasteiger partial charge on any atom is -0.497 e. The number of benzene rings is 2. The number of hydrogen-bond acceptors (Lipinski definition) is 2. The van der Waals surface area contributed by atoms with Gasteiger partial charge in [0.1, 0.15) is 5.75 Å². The predicted molar refractivity (Wildman–Crippen MR) is 104 cm³/mol. The number of nitrogens with zero attached hydrogens (tertiary/aromatic N) is 1. The molecule has 2 aromatic carbocycles. The standard InChI is InChI=1S/C23H27NO/c1-17-13-22(25-2)11-12-23(17)19-14-20-9-6-10-21(15-19)24(20)16-18-7-4-3-5-8-18/h3-5,7-8,11-14,20-21H,6,9-10,15-16H2,1-2H3. The molecule has 2 aliphatic heterocycles. The van der Waals surface area contributed by atoms with Crippen LogP contribution in [-0.2, 0) is 6.54 Å². The van der Waals surface area contributed by atoms with Crippen molar-refractivity contribution >= 4 is 5.57 Å². The molecular weight excluding hydrogens is 306 g/mol. The minimum atomic E-state index is 0.573. The number of aryl methyl sites for hydroxylation is 1. The molecule has 2 bridgehead atoms. The maximum Gasteiger partial charge on any atom is 0.119 e. The fourth-order valence-corrected chi connectivity index (χ4v) is 4.48. The molecule has 1 fully saturated rings. The van der Waals surface area contributed by atoms with Gasteiger partial charge in [0.25, 0.3) is 0 Å². The summed E-state index contributed by atoms with van der Waals surface area (Å²) < 4.78 is 5.37. The molecule has 25 heavy (non-hydrogen) atoms. The zero-order chi connectivity index (χ0) is 17.2. The first-order valence-electron chi connectivity index (χ1n) is 9.40. The Morgan fingerprint density at radius 3 is 2.64 bits per heavy atom. The Bertz CT molecular complexity index is 765. The van der Waals surface area contributed by atoms with E-state index >= 15 is 0 Å². The zero-order valence-electron chi connectivity index (χ0n) is 15.2. The van der Waals surface area contributed by atoms with Crippen molar-refractivity contribution in [2.75, 3.05) is 7.11 Å². The second-order valence-electron chi connectivity index (χ2n) is 7.39. The maximum atomic E-state index is 5.37. The lowest BCUT2D eigenvalue weighted by molar-refractivity contribution is 0.0951. The number of piperidine rings is 1. The average molecular weight is 333 g/mol. The van der Waals surface area contributed by atoms with E-state index in [-0.39, 0.29) is 0 Å². The van der Waals surface area contributed by atoms with Crippen molar-refractivity contribution in [3.8, 4) is 5.75 Å². The van der Waals surface area contributed by atoms with E-state index in [1.165, 1.54) is 41.5 Å². The normalized spacial score (nSPS) is 23.2. The van der Waals surface area contributed by atoms with Gasteiger partial charge in [-0.3, -0.25) is 4.90 Å². The van der Waals surface area contributed by atoms with Gasteiger partial charge in [0.05, 0.1) is 7.11 Å². The van der Waals surface area contributed by atoms with E-state index in [9.17, 15) is 0 Å². The molecule has 0 radical (unpaired) electrons. The Morgan fingerprint density at radius 1 is 1.08 bits per heavy atom. The number of methoxy groups -OCH3 is 1. The van der Waals surface area contributed by atoms with Gasteiger partial charge >= 0.3 is 0 Å². The van der Waals surface area contributed by atoms with Gasteiger partial charge in [-0.1, -0.05) is 48.9 Å². The fraction of sp³-hybridized carbons (Fsp3) is 0.391. The van der Waals surface area contributed by atoms with Crippen molar-refractivity contribution < 1.29 is 4.74 Å². The van der Waals surface area contributed by atoms with Gasteiger partial charge in [-0.25, -0.2) is 0 Å². The number of rotatable bonds is 4. The van der Waals surface area contributed by atoms with Gasteiger partial charge in [0.15, 0.2) is 0 Å². The van der Waals surface area contributed by atoms with Crippen molar-refractivity contribution in [2.24, 2.45) is 0 Å². The number of ether oxygens (including phenoxy) is 1. The third-order valence-electron chi connectivity index (χ3n) is 5.77. The third kappa shape index (κ3) is 3.36. The molecule has 0 saturated carbocycles. The first kappa shape index (κ1) is 16.4. The smallest absolute Gasteiger partial charge is 0.119 e. The lowest BCUT2D eigenvalue weighted by Crippen LogP contribution is -2.47. The van der Waals surface area contributed by atoms with Gasteiger partial charge in [0, 0.05) is 18.6 Å². The largest absolute Gasteiger partial charge is 0.497 e. The van der Waals surface area contributed by atoms with Gasteiger partial charge in [-0.15, -0.1) is 0 Å². The minimum absolute atomic E-state index is 0.573. The predicted octanol–water partition coefficient (Wildman–Crippen LogP) is 5.21. The van der Waals surface area contributed by atoms with E-state index < -0.39 is 0 Å². The van der Waals surface area contributed by atoms with Crippen molar-refractivity contribution in [2.45, 2.75) is 51.2 Å². The summed E-state index contributed by atoms with van der Waals surface area (Å²) in [5, 5.41) is 0. The fourth-order valence-electron chi connectivity index (χ4n) is 4.48. The molecule has 0 amide bonds. The maximum absolute atomic E-state index is 5.37. The molecule has 0 aliphatic carbocycles. The quantitative estimate of drug-likeness (QED) is 0.761. The summed E-state index contributed by atoms with van der Waals surface area (Å²) in [5.41, 5.74) is 5.67. The molecule has 0 spiro atoms. The van der Waals surface area contributed by atoms with Gasteiger partial charge in [-0.05, 0) is 60.6 Å². The van der Waals surface area contributed by atoms with E-state index in [4.69, 9.17) is 4.74 Å². The van der Waals surface area contributed by atoms with Crippen LogP contribution in [0.1, 0.15) is 42.4 Å². The first-order chi connectivity index (χ1) is 12.2. The van der Waals surface area contributed by atoms with E-state index in [0.29, 0.717) is 12.1 Å². The zero-order valence-corrected chi connectivity index (χ0v) is 15.2. The lowest BCUT2D eigenvalue weighted by Gasteiger charge is -2.45.